The molecule has 2 nitrogen and oxygen atoms in total. The number of hydrogen-bond donors (Lipinski definition) is 0. The lowest BCUT2D eigenvalue weighted by molar-refractivity contribution is -0.142. The zero-order valence-electron chi connectivity index (χ0n) is 10.8. The van der Waals surface area contributed by atoms with E-state index in [-0.39, 0.29) is 5.97 Å². The smallest absolute Gasteiger partial charge is 0.302 e. The fraction of sp³-hybridized carbons (Fsp3) is 0.929. The molecule has 0 unspecified atom stereocenters. The van der Waals surface area contributed by atoms with Crippen LogP contribution in [0.4, 0.5) is 0 Å². The van der Waals surface area contributed by atoms with E-state index in [0.29, 0.717) is 21.2 Å². The molecule has 0 spiro atoms. The van der Waals surface area contributed by atoms with Crippen LogP contribution in [0.2, 0.25) is 0 Å². The predicted octanol–water partition coefficient (Wildman–Crippen LogP) is 4.05. The molecule has 4 saturated carbocycles. The second-order valence-electron chi connectivity index (χ2n) is 6.74. The van der Waals surface area contributed by atoms with Gasteiger partial charge in [0.1, 0.15) is 6.61 Å². The van der Waals surface area contributed by atoms with Gasteiger partial charge in [0.25, 0.3) is 0 Å². The molecule has 0 aromatic heterocycles. The average Bonchev–Trinajstić information content (AvgIpc) is 2.22. The Labute approximate surface area is 125 Å². The Bertz CT molecular complexity index is 355. The fourth-order valence-corrected chi connectivity index (χ4v) is 7.10. The van der Waals surface area contributed by atoms with Gasteiger partial charge in [-0.25, -0.2) is 0 Å². The maximum absolute atomic E-state index is 11.0. The third-order valence-electron chi connectivity index (χ3n) is 5.13. The fourth-order valence-electron chi connectivity index (χ4n) is 4.95. The molecule has 0 amide bonds. The highest BCUT2D eigenvalue weighted by Gasteiger charge is 2.58. The Morgan fingerprint density at radius 1 is 1.33 bits per heavy atom. The Hall–Kier alpha value is 0.430. The van der Waals surface area contributed by atoms with Gasteiger partial charge in [0, 0.05) is 11.2 Å². The van der Waals surface area contributed by atoms with E-state index in [1.165, 1.54) is 45.4 Å². The highest BCUT2D eigenvalue weighted by atomic mass is 79.9. The maximum Gasteiger partial charge on any atom is 0.302 e. The van der Waals surface area contributed by atoms with Gasteiger partial charge in [-0.3, -0.25) is 4.79 Å². The number of carbonyl (C=O) groups excluding carboxylic acids is 1. The third kappa shape index (κ3) is 2.28. The van der Waals surface area contributed by atoms with Crippen LogP contribution in [0.1, 0.15) is 45.4 Å². The van der Waals surface area contributed by atoms with Gasteiger partial charge in [-0.05, 0) is 55.8 Å². The van der Waals surface area contributed by atoms with E-state index < -0.39 is 0 Å². The van der Waals surface area contributed by atoms with Crippen molar-refractivity contribution in [3.05, 3.63) is 0 Å². The minimum Gasteiger partial charge on any atom is -0.465 e. The average molecular weight is 380 g/mol. The number of halogens is 2. The van der Waals surface area contributed by atoms with Gasteiger partial charge < -0.3 is 4.74 Å². The maximum atomic E-state index is 11.0. The monoisotopic (exact) mass is 378 g/mol. The van der Waals surface area contributed by atoms with Crippen molar-refractivity contribution in [3.8, 4) is 0 Å². The molecule has 0 aromatic carbocycles. The quantitative estimate of drug-likeness (QED) is 0.546. The molecule has 4 aliphatic rings. The standard InChI is InChI=1S/C14H20Br2O2/c1-9(17)18-7-12(15)13-3-10-2-11(4-13)6-14(16,5-10)8-13/h10-12H,2-8H2,1H3/t10-,11-,12+,13?,14?/m1/s1. The van der Waals surface area contributed by atoms with Gasteiger partial charge in [0.05, 0.1) is 4.83 Å². The highest BCUT2D eigenvalue weighted by Crippen LogP contribution is 2.66. The van der Waals surface area contributed by atoms with Gasteiger partial charge in [0.15, 0.2) is 0 Å². The Balaban J connectivity index is 1.76. The minimum atomic E-state index is -0.169. The number of alkyl halides is 2. The van der Waals surface area contributed by atoms with E-state index in [0.717, 1.165) is 11.8 Å². The second-order valence-corrected chi connectivity index (χ2v) is 9.53. The summed E-state index contributed by atoms with van der Waals surface area (Å²) in [7, 11) is 0. The molecule has 4 rings (SSSR count). The normalized spacial score (nSPS) is 47.1. The van der Waals surface area contributed by atoms with Crippen molar-refractivity contribution in [2.24, 2.45) is 17.3 Å². The summed E-state index contributed by atoms with van der Waals surface area (Å²) in [5.74, 6) is 1.59. The molecule has 0 radical (unpaired) electrons. The Kier molecular flexibility index (Phi) is 3.33. The summed E-state index contributed by atoms with van der Waals surface area (Å²) in [6.45, 7) is 2.02. The number of ether oxygens (including phenoxy) is 1. The van der Waals surface area contributed by atoms with Crippen molar-refractivity contribution in [2.75, 3.05) is 6.61 Å². The van der Waals surface area contributed by atoms with Crippen LogP contribution in [0.15, 0.2) is 0 Å². The molecule has 3 atom stereocenters. The number of rotatable bonds is 3. The van der Waals surface area contributed by atoms with E-state index in [4.69, 9.17) is 4.74 Å². The number of hydrogen-bond acceptors (Lipinski definition) is 2. The third-order valence-corrected chi connectivity index (χ3v) is 7.30. The number of carbonyl (C=O) groups is 1. The molecule has 4 bridgehead atoms. The topological polar surface area (TPSA) is 26.3 Å². The van der Waals surface area contributed by atoms with Crippen LogP contribution < -0.4 is 0 Å². The van der Waals surface area contributed by atoms with Crippen LogP contribution in [0, 0.1) is 17.3 Å². The van der Waals surface area contributed by atoms with Gasteiger partial charge in [-0.1, -0.05) is 31.9 Å². The molecule has 0 saturated heterocycles. The molecule has 18 heavy (non-hydrogen) atoms. The van der Waals surface area contributed by atoms with Gasteiger partial charge in [-0.2, -0.15) is 0 Å². The predicted molar refractivity (Wildman–Crippen MR) is 78.1 cm³/mol. The Morgan fingerprint density at radius 2 is 1.94 bits per heavy atom. The lowest BCUT2D eigenvalue weighted by atomic mass is 9.49. The largest absolute Gasteiger partial charge is 0.465 e. The molecule has 102 valence electrons. The van der Waals surface area contributed by atoms with E-state index in [9.17, 15) is 4.79 Å². The van der Waals surface area contributed by atoms with Crippen LogP contribution in [0.5, 0.6) is 0 Å². The second kappa shape index (κ2) is 4.47. The van der Waals surface area contributed by atoms with Gasteiger partial charge in [0.2, 0.25) is 0 Å². The van der Waals surface area contributed by atoms with E-state index >= 15 is 0 Å². The van der Waals surface area contributed by atoms with Crippen LogP contribution in [0.3, 0.4) is 0 Å². The first kappa shape index (κ1) is 13.4. The lowest BCUT2D eigenvalue weighted by Crippen LogP contribution is -2.56. The van der Waals surface area contributed by atoms with Crippen molar-refractivity contribution < 1.29 is 9.53 Å². The van der Waals surface area contributed by atoms with E-state index in [1.807, 2.05) is 0 Å². The van der Waals surface area contributed by atoms with Gasteiger partial charge in [-0.15, -0.1) is 0 Å². The first-order valence-electron chi connectivity index (χ1n) is 6.87. The lowest BCUT2D eigenvalue weighted by Gasteiger charge is -2.61. The highest BCUT2D eigenvalue weighted by molar-refractivity contribution is 9.10. The van der Waals surface area contributed by atoms with Crippen LogP contribution in [-0.4, -0.2) is 21.7 Å². The van der Waals surface area contributed by atoms with Gasteiger partial charge >= 0.3 is 5.97 Å². The van der Waals surface area contributed by atoms with Crippen LogP contribution in [-0.2, 0) is 9.53 Å². The summed E-state index contributed by atoms with van der Waals surface area (Å²) in [4.78, 5) is 11.3. The summed E-state index contributed by atoms with van der Waals surface area (Å²) in [6.07, 6.45) is 7.98. The Morgan fingerprint density at radius 3 is 2.44 bits per heavy atom. The molecule has 0 aromatic rings. The van der Waals surface area contributed by atoms with Crippen LogP contribution in [0.25, 0.3) is 0 Å². The number of esters is 1. The summed E-state index contributed by atoms with van der Waals surface area (Å²) >= 11 is 7.83. The van der Waals surface area contributed by atoms with Crippen molar-refractivity contribution >= 4 is 37.8 Å². The minimum absolute atomic E-state index is 0.169. The first-order valence-corrected chi connectivity index (χ1v) is 8.58. The zero-order chi connectivity index (χ0) is 13.0. The summed E-state index contributed by atoms with van der Waals surface area (Å²) in [5.41, 5.74) is 0.350. The molecule has 0 heterocycles. The van der Waals surface area contributed by atoms with Crippen molar-refractivity contribution in [1.82, 2.24) is 0 Å². The van der Waals surface area contributed by atoms with Crippen LogP contribution >= 0.6 is 31.9 Å². The van der Waals surface area contributed by atoms with E-state index in [2.05, 4.69) is 31.9 Å². The molecule has 0 N–H and O–H groups in total. The first-order chi connectivity index (χ1) is 8.41. The summed E-state index contributed by atoms with van der Waals surface area (Å²) < 4.78 is 5.60. The molecule has 4 aliphatic carbocycles. The molecular formula is C14H20Br2O2. The molecular weight excluding hydrogens is 360 g/mol. The van der Waals surface area contributed by atoms with Crippen molar-refractivity contribution in [2.45, 2.75) is 54.6 Å². The molecule has 4 heteroatoms. The molecule has 0 aliphatic heterocycles. The summed E-state index contributed by atoms with van der Waals surface area (Å²) in [5, 5.41) is 0. The zero-order valence-corrected chi connectivity index (χ0v) is 13.9. The van der Waals surface area contributed by atoms with Crippen molar-refractivity contribution in [1.29, 1.82) is 0 Å². The SMILES string of the molecule is CC(=O)OC[C@H](Br)C12C[C@H]3C[C@@H](CC(Br)(C3)C1)C2. The summed E-state index contributed by atoms with van der Waals surface area (Å²) in [6, 6.07) is 0. The molecule has 4 fully saturated rings. The van der Waals surface area contributed by atoms with Crippen molar-refractivity contribution in [3.63, 3.8) is 0 Å². The van der Waals surface area contributed by atoms with E-state index in [1.54, 1.807) is 0 Å².